The average Bonchev–Trinajstić information content (AvgIpc) is 3.06. The quantitative estimate of drug-likeness (QED) is 0.730. The second-order valence-corrected chi connectivity index (χ2v) is 9.65. The lowest BCUT2D eigenvalue weighted by Gasteiger charge is -2.38. The smallest absolute Gasteiger partial charge is 0.248 e. The van der Waals surface area contributed by atoms with Crippen molar-refractivity contribution in [1.29, 1.82) is 0 Å². The SMILES string of the molecule is CC(C)C(NC(=O)C1CCC(F)(F)C1)C(=O)N1CC(=O)C(c2ccc(Cl)cc2)C(C)C1. The maximum atomic E-state index is 13.5. The van der Waals surface area contributed by atoms with Crippen molar-refractivity contribution >= 4 is 29.2 Å². The zero-order valence-corrected chi connectivity index (χ0v) is 18.8. The van der Waals surface area contributed by atoms with Gasteiger partial charge >= 0.3 is 0 Å². The van der Waals surface area contributed by atoms with Crippen LogP contribution in [0.3, 0.4) is 0 Å². The molecule has 1 N–H and O–H groups in total. The van der Waals surface area contributed by atoms with E-state index < -0.39 is 30.2 Å². The Morgan fingerprint density at radius 3 is 2.39 bits per heavy atom. The van der Waals surface area contributed by atoms with Crippen molar-refractivity contribution in [1.82, 2.24) is 10.2 Å². The number of alkyl halides is 2. The Morgan fingerprint density at radius 2 is 1.87 bits per heavy atom. The maximum absolute atomic E-state index is 13.5. The summed E-state index contributed by atoms with van der Waals surface area (Å²) in [5.74, 6) is -5.22. The van der Waals surface area contributed by atoms with E-state index in [0.717, 1.165) is 5.56 Å². The monoisotopic (exact) mass is 454 g/mol. The largest absolute Gasteiger partial charge is 0.344 e. The van der Waals surface area contributed by atoms with Crippen LogP contribution >= 0.6 is 11.6 Å². The summed E-state index contributed by atoms with van der Waals surface area (Å²) in [7, 11) is 0. The number of carbonyl (C=O) groups is 3. The minimum atomic E-state index is -2.83. The molecule has 4 atom stereocenters. The molecule has 8 heteroatoms. The second-order valence-electron chi connectivity index (χ2n) is 9.22. The molecule has 2 amide bonds. The number of likely N-dealkylation sites (tertiary alicyclic amines) is 1. The Labute approximate surface area is 186 Å². The van der Waals surface area contributed by atoms with Gasteiger partial charge in [0.15, 0.2) is 5.78 Å². The Hall–Kier alpha value is -2.02. The molecule has 1 aliphatic carbocycles. The van der Waals surface area contributed by atoms with Crippen LogP contribution in [0.25, 0.3) is 0 Å². The van der Waals surface area contributed by atoms with Gasteiger partial charge in [-0.05, 0) is 36.0 Å². The van der Waals surface area contributed by atoms with Gasteiger partial charge in [-0.1, -0.05) is 44.5 Å². The zero-order chi connectivity index (χ0) is 22.9. The highest BCUT2D eigenvalue weighted by Gasteiger charge is 2.44. The third-order valence-electron chi connectivity index (χ3n) is 6.32. The molecule has 0 bridgehead atoms. The number of ketones is 1. The minimum absolute atomic E-state index is 0.0446. The Kier molecular flexibility index (Phi) is 7.04. The lowest BCUT2D eigenvalue weighted by Crippen LogP contribution is -2.56. The number of halogens is 3. The normalized spacial score (nSPS) is 26.7. The number of Topliss-reactive ketones (excluding diaryl/α,β-unsaturated/α-hetero) is 1. The second kappa shape index (κ2) is 9.23. The molecule has 1 saturated carbocycles. The number of piperidine rings is 1. The van der Waals surface area contributed by atoms with Crippen molar-refractivity contribution in [2.75, 3.05) is 13.1 Å². The van der Waals surface area contributed by atoms with Crippen molar-refractivity contribution in [3.8, 4) is 0 Å². The van der Waals surface area contributed by atoms with Gasteiger partial charge in [0.1, 0.15) is 6.04 Å². The van der Waals surface area contributed by atoms with E-state index in [1.165, 1.54) is 4.90 Å². The summed E-state index contributed by atoms with van der Waals surface area (Å²) in [6, 6.07) is 6.28. The van der Waals surface area contributed by atoms with Gasteiger partial charge in [0, 0.05) is 36.2 Å². The summed E-state index contributed by atoms with van der Waals surface area (Å²) < 4.78 is 27.0. The number of hydrogen-bond acceptors (Lipinski definition) is 3. The van der Waals surface area contributed by atoms with Gasteiger partial charge in [-0.2, -0.15) is 0 Å². The molecule has 1 aromatic carbocycles. The van der Waals surface area contributed by atoms with Gasteiger partial charge in [0.2, 0.25) is 17.7 Å². The fourth-order valence-corrected chi connectivity index (χ4v) is 4.75. The molecular weight excluding hydrogens is 426 g/mol. The molecule has 2 aliphatic rings. The summed E-state index contributed by atoms with van der Waals surface area (Å²) in [4.78, 5) is 40.1. The molecule has 5 nitrogen and oxygen atoms in total. The van der Waals surface area contributed by atoms with Crippen LogP contribution < -0.4 is 5.32 Å². The number of rotatable bonds is 5. The highest BCUT2D eigenvalue weighted by atomic mass is 35.5. The van der Waals surface area contributed by atoms with Crippen LogP contribution in [0.5, 0.6) is 0 Å². The highest BCUT2D eigenvalue weighted by Crippen LogP contribution is 2.39. The lowest BCUT2D eigenvalue weighted by molar-refractivity contribution is -0.144. The molecular formula is C23H29ClF2N2O3. The molecule has 0 aromatic heterocycles. The van der Waals surface area contributed by atoms with Crippen LogP contribution in [0.2, 0.25) is 5.02 Å². The van der Waals surface area contributed by atoms with E-state index in [0.29, 0.717) is 11.6 Å². The minimum Gasteiger partial charge on any atom is -0.344 e. The summed E-state index contributed by atoms with van der Waals surface area (Å²) in [6.45, 7) is 5.82. The van der Waals surface area contributed by atoms with E-state index in [4.69, 9.17) is 11.6 Å². The van der Waals surface area contributed by atoms with E-state index in [1.54, 1.807) is 26.0 Å². The molecule has 0 radical (unpaired) electrons. The van der Waals surface area contributed by atoms with Crippen molar-refractivity contribution in [2.24, 2.45) is 17.8 Å². The fourth-order valence-electron chi connectivity index (χ4n) is 4.63. The van der Waals surface area contributed by atoms with Crippen molar-refractivity contribution in [2.45, 2.75) is 57.9 Å². The Balaban J connectivity index is 1.68. The molecule has 1 aliphatic heterocycles. The van der Waals surface area contributed by atoms with E-state index in [2.05, 4.69) is 5.32 Å². The topological polar surface area (TPSA) is 66.5 Å². The fraction of sp³-hybridized carbons (Fsp3) is 0.609. The van der Waals surface area contributed by atoms with Crippen molar-refractivity contribution < 1.29 is 23.2 Å². The first-order valence-electron chi connectivity index (χ1n) is 10.7. The number of carbonyl (C=O) groups excluding carboxylic acids is 3. The first-order valence-corrected chi connectivity index (χ1v) is 11.1. The van der Waals surface area contributed by atoms with E-state index >= 15 is 0 Å². The van der Waals surface area contributed by atoms with Gasteiger partial charge < -0.3 is 10.2 Å². The first-order chi connectivity index (χ1) is 14.5. The molecule has 1 heterocycles. The van der Waals surface area contributed by atoms with Crippen LogP contribution in [0.4, 0.5) is 8.78 Å². The molecule has 170 valence electrons. The van der Waals surface area contributed by atoms with Crippen LogP contribution in [0, 0.1) is 17.8 Å². The molecule has 1 saturated heterocycles. The third kappa shape index (κ3) is 5.43. The van der Waals surface area contributed by atoms with E-state index in [-0.39, 0.29) is 48.8 Å². The highest BCUT2D eigenvalue weighted by molar-refractivity contribution is 6.30. The number of nitrogens with one attached hydrogen (secondary N) is 1. The standard InChI is InChI=1S/C23H29ClF2N2O3/c1-13(2)20(27-21(30)16-8-9-23(25,26)10-16)22(31)28-11-14(3)19(18(29)12-28)15-4-6-17(24)7-5-15/h4-7,13-14,16,19-20H,8-12H2,1-3H3,(H,27,30). The van der Waals surface area contributed by atoms with E-state index in [9.17, 15) is 23.2 Å². The Bertz CT molecular complexity index is 844. The number of hydrogen-bond donors (Lipinski definition) is 1. The number of amides is 2. The number of nitrogens with zero attached hydrogens (tertiary/aromatic N) is 1. The predicted molar refractivity (Wildman–Crippen MR) is 114 cm³/mol. The van der Waals surface area contributed by atoms with Crippen LogP contribution in [0.1, 0.15) is 51.5 Å². The summed E-state index contributed by atoms with van der Waals surface area (Å²) in [6.07, 6.45) is -0.685. The maximum Gasteiger partial charge on any atom is 0.248 e. The average molecular weight is 455 g/mol. The van der Waals surface area contributed by atoms with Gasteiger partial charge in [-0.25, -0.2) is 8.78 Å². The molecule has 1 aromatic rings. The zero-order valence-electron chi connectivity index (χ0n) is 18.0. The molecule has 2 fully saturated rings. The van der Waals surface area contributed by atoms with Crippen LogP contribution in [-0.4, -0.2) is 47.6 Å². The van der Waals surface area contributed by atoms with Crippen molar-refractivity contribution in [3.05, 3.63) is 34.9 Å². The number of benzene rings is 1. The lowest BCUT2D eigenvalue weighted by atomic mass is 9.80. The van der Waals surface area contributed by atoms with Gasteiger partial charge in [0.05, 0.1) is 6.54 Å². The first kappa shape index (κ1) is 23.6. The molecule has 0 spiro atoms. The summed E-state index contributed by atoms with van der Waals surface area (Å²) in [5, 5.41) is 3.27. The summed E-state index contributed by atoms with van der Waals surface area (Å²) >= 11 is 5.94. The van der Waals surface area contributed by atoms with Crippen LogP contribution in [0.15, 0.2) is 24.3 Å². The van der Waals surface area contributed by atoms with Gasteiger partial charge in [0.25, 0.3) is 0 Å². The third-order valence-corrected chi connectivity index (χ3v) is 6.57. The van der Waals surface area contributed by atoms with Gasteiger partial charge in [-0.15, -0.1) is 0 Å². The van der Waals surface area contributed by atoms with Crippen molar-refractivity contribution in [3.63, 3.8) is 0 Å². The molecule has 3 rings (SSSR count). The van der Waals surface area contributed by atoms with E-state index in [1.807, 2.05) is 19.1 Å². The Morgan fingerprint density at radius 1 is 1.23 bits per heavy atom. The van der Waals surface area contributed by atoms with Gasteiger partial charge in [-0.3, -0.25) is 14.4 Å². The predicted octanol–water partition coefficient (Wildman–Crippen LogP) is 4.05. The molecule has 4 unspecified atom stereocenters. The molecule has 31 heavy (non-hydrogen) atoms. The van der Waals surface area contributed by atoms with Crippen LogP contribution in [-0.2, 0) is 14.4 Å². The summed E-state index contributed by atoms with van der Waals surface area (Å²) in [5.41, 5.74) is 0.866.